The molecule has 0 saturated heterocycles. The maximum atomic E-state index is 12.4. The van der Waals surface area contributed by atoms with Gasteiger partial charge >= 0.3 is 5.97 Å². The van der Waals surface area contributed by atoms with E-state index in [1.807, 2.05) is 56.5 Å². The van der Waals surface area contributed by atoms with Gasteiger partial charge in [-0.15, -0.1) is 11.3 Å². The van der Waals surface area contributed by atoms with Gasteiger partial charge in [0, 0.05) is 11.4 Å². The highest BCUT2D eigenvalue weighted by Crippen LogP contribution is 2.24. The third-order valence-corrected chi connectivity index (χ3v) is 4.39. The predicted molar refractivity (Wildman–Crippen MR) is 86.3 cm³/mol. The van der Waals surface area contributed by atoms with E-state index in [-0.39, 0.29) is 5.97 Å². The Kier molecular flexibility index (Phi) is 5.15. The summed E-state index contributed by atoms with van der Waals surface area (Å²) in [5.74, 6) is -0.245. The minimum absolute atomic E-state index is 0.245. The number of ether oxygens (including phenoxy) is 1. The van der Waals surface area contributed by atoms with Gasteiger partial charge in [0.2, 0.25) is 0 Å². The third-order valence-electron chi connectivity index (χ3n) is 3.51. The van der Waals surface area contributed by atoms with Gasteiger partial charge in [-0.2, -0.15) is 0 Å². The van der Waals surface area contributed by atoms with Crippen molar-refractivity contribution in [2.75, 3.05) is 6.61 Å². The van der Waals surface area contributed by atoms with E-state index in [1.165, 1.54) is 10.4 Å². The summed E-state index contributed by atoms with van der Waals surface area (Å²) in [7, 11) is 0. The number of hydrogen-bond acceptors (Lipinski definition) is 4. The van der Waals surface area contributed by atoms with Gasteiger partial charge in [-0.3, -0.25) is 5.32 Å². The summed E-state index contributed by atoms with van der Waals surface area (Å²) in [4.78, 5) is 13.6. The van der Waals surface area contributed by atoms with Crippen molar-refractivity contribution in [2.24, 2.45) is 0 Å². The van der Waals surface area contributed by atoms with Crippen LogP contribution in [0.25, 0.3) is 0 Å². The van der Waals surface area contributed by atoms with Crippen LogP contribution in [0.15, 0.2) is 41.8 Å². The standard InChI is InChI=1S/C17H21NO2S/c1-4-20-16(19)17(3,14-9-7-13(2)8-10-14)18-12-15-6-5-11-21-15/h5-11,18H,4,12H2,1-3H3. The van der Waals surface area contributed by atoms with Crippen LogP contribution in [0, 0.1) is 6.92 Å². The van der Waals surface area contributed by atoms with Crippen molar-refractivity contribution in [1.29, 1.82) is 0 Å². The highest BCUT2D eigenvalue weighted by atomic mass is 32.1. The summed E-state index contributed by atoms with van der Waals surface area (Å²) in [6, 6.07) is 12.0. The van der Waals surface area contributed by atoms with E-state index in [2.05, 4.69) is 11.4 Å². The summed E-state index contributed by atoms with van der Waals surface area (Å²) >= 11 is 1.67. The lowest BCUT2D eigenvalue weighted by Crippen LogP contribution is -2.47. The first kappa shape index (κ1) is 15.7. The molecule has 0 fully saturated rings. The fourth-order valence-corrected chi connectivity index (χ4v) is 2.78. The number of carbonyl (C=O) groups is 1. The lowest BCUT2D eigenvalue weighted by atomic mass is 9.91. The lowest BCUT2D eigenvalue weighted by Gasteiger charge is -2.29. The molecule has 0 saturated carbocycles. The molecule has 1 unspecified atom stereocenters. The highest BCUT2D eigenvalue weighted by molar-refractivity contribution is 7.09. The van der Waals surface area contributed by atoms with E-state index in [1.54, 1.807) is 11.3 Å². The quantitative estimate of drug-likeness (QED) is 0.828. The predicted octanol–water partition coefficient (Wildman–Crippen LogP) is 3.62. The Balaban J connectivity index is 2.24. The van der Waals surface area contributed by atoms with Gasteiger partial charge in [-0.05, 0) is 37.8 Å². The van der Waals surface area contributed by atoms with Crippen LogP contribution >= 0.6 is 11.3 Å². The number of aryl methyl sites for hydroxylation is 1. The molecule has 0 amide bonds. The smallest absolute Gasteiger partial charge is 0.330 e. The van der Waals surface area contributed by atoms with E-state index in [9.17, 15) is 4.79 Å². The molecule has 4 heteroatoms. The molecule has 3 nitrogen and oxygen atoms in total. The molecule has 112 valence electrons. The molecule has 1 aromatic carbocycles. The maximum Gasteiger partial charge on any atom is 0.330 e. The Hall–Kier alpha value is -1.65. The second-order valence-corrected chi connectivity index (χ2v) is 6.18. The molecule has 2 rings (SSSR count). The highest BCUT2D eigenvalue weighted by Gasteiger charge is 2.36. The normalized spacial score (nSPS) is 13.7. The van der Waals surface area contributed by atoms with E-state index >= 15 is 0 Å². The SMILES string of the molecule is CCOC(=O)C(C)(NCc1cccs1)c1ccc(C)cc1. The van der Waals surface area contributed by atoms with Crippen LogP contribution in [-0.2, 0) is 21.6 Å². The first-order valence-electron chi connectivity index (χ1n) is 7.08. The zero-order chi connectivity index (χ0) is 15.3. The minimum atomic E-state index is -0.840. The van der Waals surface area contributed by atoms with Crippen molar-refractivity contribution in [1.82, 2.24) is 5.32 Å². The number of esters is 1. The second kappa shape index (κ2) is 6.87. The summed E-state index contributed by atoms with van der Waals surface area (Å²) < 4.78 is 5.26. The van der Waals surface area contributed by atoms with Crippen LogP contribution in [0.5, 0.6) is 0 Å². The first-order chi connectivity index (χ1) is 10.1. The number of rotatable bonds is 6. The van der Waals surface area contributed by atoms with E-state index in [0.29, 0.717) is 13.2 Å². The van der Waals surface area contributed by atoms with Crippen LogP contribution < -0.4 is 5.32 Å². The van der Waals surface area contributed by atoms with E-state index in [0.717, 1.165) is 5.56 Å². The van der Waals surface area contributed by atoms with Crippen LogP contribution in [0.1, 0.15) is 29.9 Å². The van der Waals surface area contributed by atoms with Crippen molar-refractivity contribution >= 4 is 17.3 Å². The molecule has 0 spiro atoms. The Bertz CT molecular complexity index is 577. The van der Waals surface area contributed by atoms with Crippen LogP contribution in [0.4, 0.5) is 0 Å². The van der Waals surface area contributed by atoms with Crippen molar-refractivity contribution < 1.29 is 9.53 Å². The Morgan fingerprint density at radius 3 is 2.57 bits per heavy atom. The average Bonchev–Trinajstić information content (AvgIpc) is 2.99. The summed E-state index contributed by atoms with van der Waals surface area (Å²) in [6.07, 6.45) is 0. The molecule has 21 heavy (non-hydrogen) atoms. The van der Waals surface area contributed by atoms with Gasteiger partial charge in [0.15, 0.2) is 0 Å². The molecule has 1 heterocycles. The molecule has 0 aliphatic carbocycles. The molecule has 0 aliphatic heterocycles. The van der Waals surface area contributed by atoms with Crippen LogP contribution in [0.3, 0.4) is 0 Å². The van der Waals surface area contributed by atoms with Gasteiger partial charge < -0.3 is 4.74 Å². The average molecular weight is 303 g/mol. The van der Waals surface area contributed by atoms with Gasteiger partial charge in [0.05, 0.1) is 6.61 Å². The minimum Gasteiger partial charge on any atom is -0.464 e. The largest absolute Gasteiger partial charge is 0.464 e. The van der Waals surface area contributed by atoms with E-state index in [4.69, 9.17) is 4.74 Å². The van der Waals surface area contributed by atoms with Crippen molar-refractivity contribution in [2.45, 2.75) is 32.9 Å². The monoisotopic (exact) mass is 303 g/mol. The van der Waals surface area contributed by atoms with Crippen LogP contribution in [-0.4, -0.2) is 12.6 Å². The van der Waals surface area contributed by atoms with Gasteiger partial charge in [-0.25, -0.2) is 4.79 Å². The molecule has 1 N–H and O–H groups in total. The second-order valence-electron chi connectivity index (χ2n) is 5.14. The van der Waals surface area contributed by atoms with Crippen molar-refractivity contribution in [3.8, 4) is 0 Å². The summed E-state index contributed by atoms with van der Waals surface area (Å²) in [5, 5.41) is 5.39. The topological polar surface area (TPSA) is 38.3 Å². The fraction of sp³-hybridized carbons (Fsp3) is 0.353. The van der Waals surface area contributed by atoms with Gasteiger partial charge in [0.1, 0.15) is 5.54 Å². The van der Waals surface area contributed by atoms with Crippen molar-refractivity contribution in [3.63, 3.8) is 0 Å². The number of benzene rings is 1. The van der Waals surface area contributed by atoms with E-state index < -0.39 is 5.54 Å². The van der Waals surface area contributed by atoms with Gasteiger partial charge in [-0.1, -0.05) is 35.9 Å². The number of carbonyl (C=O) groups excluding carboxylic acids is 1. The summed E-state index contributed by atoms with van der Waals surface area (Å²) in [5.41, 5.74) is 1.25. The molecule has 0 aliphatic rings. The third kappa shape index (κ3) is 3.71. The first-order valence-corrected chi connectivity index (χ1v) is 7.96. The molecule has 2 aromatic rings. The zero-order valence-corrected chi connectivity index (χ0v) is 13.5. The van der Waals surface area contributed by atoms with Crippen molar-refractivity contribution in [3.05, 3.63) is 57.8 Å². The lowest BCUT2D eigenvalue weighted by molar-refractivity contribution is -0.151. The van der Waals surface area contributed by atoms with Crippen LogP contribution in [0.2, 0.25) is 0 Å². The Morgan fingerprint density at radius 1 is 1.29 bits per heavy atom. The Labute approximate surface area is 130 Å². The molecule has 1 aromatic heterocycles. The fourth-order valence-electron chi connectivity index (χ4n) is 2.13. The summed E-state index contributed by atoms with van der Waals surface area (Å²) in [6.45, 7) is 6.75. The molecule has 0 radical (unpaired) electrons. The molecule has 1 atom stereocenters. The zero-order valence-electron chi connectivity index (χ0n) is 12.7. The number of thiophene rings is 1. The Morgan fingerprint density at radius 2 is 2.00 bits per heavy atom. The number of nitrogens with one attached hydrogen (secondary N) is 1. The molecular formula is C17H21NO2S. The molecule has 0 bridgehead atoms. The molecular weight excluding hydrogens is 282 g/mol. The maximum absolute atomic E-state index is 12.4. The number of hydrogen-bond donors (Lipinski definition) is 1. The van der Waals surface area contributed by atoms with Gasteiger partial charge in [0.25, 0.3) is 0 Å².